The molecule has 2 aliphatic heterocycles. The lowest BCUT2D eigenvalue weighted by molar-refractivity contribution is 0.346. The Morgan fingerprint density at radius 2 is 1.76 bits per heavy atom. The van der Waals surface area contributed by atoms with Crippen LogP contribution in [0.2, 0.25) is 0 Å². The molecule has 0 bridgehead atoms. The average molecular weight is 383 g/mol. The molecule has 0 spiro atoms. The second-order valence-corrected chi connectivity index (χ2v) is 9.48. The molecule has 2 fully saturated rings. The summed E-state index contributed by atoms with van der Waals surface area (Å²) >= 11 is 1.92. The highest BCUT2D eigenvalue weighted by Crippen LogP contribution is 2.24. The van der Waals surface area contributed by atoms with Crippen molar-refractivity contribution in [2.75, 3.05) is 37.7 Å². The number of hydrogen-bond acceptors (Lipinski definition) is 4. The highest BCUT2D eigenvalue weighted by Gasteiger charge is 2.27. The van der Waals surface area contributed by atoms with Gasteiger partial charge in [-0.3, -0.25) is 0 Å². The fraction of sp³-hybridized carbons (Fsp3) is 0.588. The van der Waals surface area contributed by atoms with Crippen LogP contribution in [0.15, 0.2) is 34.2 Å². The van der Waals surface area contributed by atoms with Gasteiger partial charge in [0.2, 0.25) is 10.0 Å². The van der Waals surface area contributed by atoms with Gasteiger partial charge < -0.3 is 10.6 Å². The summed E-state index contributed by atoms with van der Waals surface area (Å²) in [6, 6.07) is 7.14. The number of nitrogens with two attached hydrogens (primary N) is 1. The molecule has 0 amide bonds. The lowest BCUT2D eigenvalue weighted by Crippen LogP contribution is -2.42. The first kappa shape index (κ1) is 18.5. The number of guanidine groups is 1. The summed E-state index contributed by atoms with van der Waals surface area (Å²) in [5.74, 6) is 2.61. The molecule has 3 rings (SSSR count). The molecular weight excluding hydrogens is 356 g/mol. The zero-order valence-electron chi connectivity index (χ0n) is 14.4. The molecule has 1 aromatic carbocycles. The van der Waals surface area contributed by atoms with Crippen LogP contribution < -0.4 is 5.73 Å². The summed E-state index contributed by atoms with van der Waals surface area (Å²) in [6.07, 6.45) is 2.96. The maximum Gasteiger partial charge on any atom is 0.243 e. The summed E-state index contributed by atoms with van der Waals surface area (Å²) in [5.41, 5.74) is 6.82. The number of thioether (sulfide) groups is 1. The predicted molar refractivity (Wildman–Crippen MR) is 103 cm³/mol. The lowest BCUT2D eigenvalue weighted by atomic mass is 10.2. The Morgan fingerprint density at radius 1 is 1.08 bits per heavy atom. The quantitative estimate of drug-likeness (QED) is 0.634. The molecule has 1 aromatic rings. The fourth-order valence-electron chi connectivity index (χ4n) is 3.19. The van der Waals surface area contributed by atoms with Crippen molar-refractivity contribution in [1.82, 2.24) is 9.21 Å². The minimum absolute atomic E-state index is 0.290. The van der Waals surface area contributed by atoms with E-state index in [1.165, 1.54) is 0 Å². The molecule has 2 heterocycles. The Labute approximate surface area is 154 Å². The Bertz CT molecular complexity index is 709. The van der Waals surface area contributed by atoms with Crippen LogP contribution in [0, 0.1) is 0 Å². The van der Waals surface area contributed by atoms with Crippen molar-refractivity contribution in [3.63, 3.8) is 0 Å². The second-order valence-electron chi connectivity index (χ2n) is 6.35. The first-order valence-electron chi connectivity index (χ1n) is 8.80. The molecule has 0 unspecified atom stereocenters. The lowest BCUT2D eigenvalue weighted by Gasteiger charge is -2.28. The number of benzene rings is 1. The number of rotatable bonds is 4. The van der Waals surface area contributed by atoms with Gasteiger partial charge in [0.15, 0.2) is 5.96 Å². The summed E-state index contributed by atoms with van der Waals surface area (Å²) in [5, 5.41) is 0. The van der Waals surface area contributed by atoms with E-state index in [0.29, 0.717) is 36.1 Å². The third-order valence-electron chi connectivity index (χ3n) is 4.65. The average Bonchev–Trinajstić information content (AvgIpc) is 2.67. The number of sulfonamides is 1. The van der Waals surface area contributed by atoms with Crippen LogP contribution in [0.5, 0.6) is 0 Å². The summed E-state index contributed by atoms with van der Waals surface area (Å²) in [6.45, 7) is 3.29. The van der Waals surface area contributed by atoms with Crippen molar-refractivity contribution in [2.45, 2.75) is 30.7 Å². The van der Waals surface area contributed by atoms with Crippen LogP contribution in [0.25, 0.3) is 0 Å². The molecule has 2 saturated heterocycles. The molecule has 8 heteroatoms. The Hall–Kier alpha value is -1.25. The first-order valence-corrected chi connectivity index (χ1v) is 11.4. The molecule has 6 nitrogen and oxygen atoms in total. The minimum atomic E-state index is -3.46. The molecular formula is C17H26N4O2S2. The van der Waals surface area contributed by atoms with Crippen LogP contribution in [0.1, 0.15) is 24.8 Å². The standard InChI is InChI=1S/C17H26N4O2S2/c18-17(20-10-12-24-13-11-20)19-14-15-6-2-3-7-16(15)25(22,23)21-8-4-1-5-9-21/h2-3,6-7H,1,4-5,8-14H2,(H2,18,19). The number of nitrogens with zero attached hydrogens (tertiary/aromatic N) is 3. The van der Waals surface area contributed by atoms with Gasteiger partial charge in [0.25, 0.3) is 0 Å². The summed E-state index contributed by atoms with van der Waals surface area (Å²) in [7, 11) is -3.46. The molecule has 138 valence electrons. The number of hydrogen-bond donors (Lipinski definition) is 1. The first-order chi connectivity index (χ1) is 12.1. The summed E-state index contributed by atoms with van der Waals surface area (Å²) in [4.78, 5) is 6.90. The smallest absolute Gasteiger partial charge is 0.243 e. The molecule has 0 saturated carbocycles. The zero-order valence-corrected chi connectivity index (χ0v) is 16.1. The van der Waals surface area contributed by atoms with Gasteiger partial charge in [-0.2, -0.15) is 16.1 Å². The van der Waals surface area contributed by atoms with E-state index in [4.69, 9.17) is 5.73 Å². The normalized spacial score (nSPS) is 20.6. The largest absolute Gasteiger partial charge is 0.370 e. The van der Waals surface area contributed by atoms with E-state index in [1.54, 1.807) is 16.4 Å². The van der Waals surface area contributed by atoms with Crippen molar-refractivity contribution in [1.29, 1.82) is 0 Å². The fourth-order valence-corrected chi connectivity index (χ4v) is 5.82. The van der Waals surface area contributed by atoms with Gasteiger partial charge in [0, 0.05) is 37.7 Å². The van der Waals surface area contributed by atoms with Gasteiger partial charge >= 0.3 is 0 Å². The van der Waals surface area contributed by atoms with Crippen LogP contribution >= 0.6 is 11.8 Å². The van der Waals surface area contributed by atoms with Crippen molar-refractivity contribution < 1.29 is 8.42 Å². The van der Waals surface area contributed by atoms with Gasteiger partial charge in [-0.25, -0.2) is 13.4 Å². The predicted octanol–water partition coefficient (Wildman–Crippen LogP) is 1.72. The van der Waals surface area contributed by atoms with Gasteiger partial charge in [0.1, 0.15) is 0 Å². The third-order valence-corrected chi connectivity index (χ3v) is 7.59. The Kier molecular flexibility index (Phi) is 6.24. The van der Waals surface area contributed by atoms with Crippen LogP contribution in [-0.2, 0) is 16.6 Å². The van der Waals surface area contributed by atoms with Crippen molar-refractivity contribution >= 4 is 27.7 Å². The molecule has 0 aliphatic carbocycles. The van der Waals surface area contributed by atoms with E-state index in [9.17, 15) is 8.42 Å². The number of piperidine rings is 1. The monoisotopic (exact) mass is 382 g/mol. The van der Waals surface area contributed by atoms with Crippen molar-refractivity contribution in [2.24, 2.45) is 10.7 Å². The SMILES string of the molecule is NC(=NCc1ccccc1S(=O)(=O)N1CCCCC1)N1CCSCC1. The highest BCUT2D eigenvalue weighted by molar-refractivity contribution is 7.99. The molecule has 0 radical (unpaired) electrons. The van der Waals surface area contributed by atoms with Crippen LogP contribution in [-0.4, -0.2) is 61.3 Å². The molecule has 2 N–H and O–H groups in total. The summed E-state index contributed by atoms with van der Waals surface area (Å²) < 4.78 is 27.6. The van der Waals surface area contributed by atoms with E-state index >= 15 is 0 Å². The van der Waals surface area contributed by atoms with E-state index in [1.807, 2.05) is 23.9 Å². The maximum absolute atomic E-state index is 13.0. The topological polar surface area (TPSA) is 79.0 Å². The minimum Gasteiger partial charge on any atom is -0.370 e. The van der Waals surface area contributed by atoms with E-state index in [-0.39, 0.29) is 0 Å². The molecule has 25 heavy (non-hydrogen) atoms. The van der Waals surface area contributed by atoms with Crippen molar-refractivity contribution in [3.8, 4) is 0 Å². The highest BCUT2D eigenvalue weighted by atomic mass is 32.2. The Balaban J connectivity index is 1.78. The van der Waals surface area contributed by atoms with Gasteiger partial charge in [-0.15, -0.1) is 0 Å². The second kappa shape index (κ2) is 8.42. The molecule has 2 aliphatic rings. The van der Waals surface area contributed by atoms with Crippen LogP contribution in [0.3, 0.4) is 0 Å². The van der Waals surface area contributed by atoms with Crippen LogP contribution in [0.4, 0.5) is 0 Å². The van der Waals surface area contributed by atoms with E-state index < -0.39 is 10.0 Å². The maximum atomic E-state index is 13.0. The third kappa shape index (κ3) is 4.48. The molecule has 0 aromatic heterocycles. The van der Waals surface area contributed by atoms with Gasteiger partial charge in [-0.05, 0) is 24.5 Å². The van der Waals surface area contributed by atoms with Gasteiger partial charge in [0.05, 0.1) is 11.4 Å². The van der Waals surface area contributed by atoms with Gasteiger partial charge in [-0.1, -0.05) is 24.6 Å². The van der Waals surface area contributed by atoms with E-state index in [0.717, 1.165) is 43.9 Å². The van der Waals surface area contributed by atoms with Crippen molar-refractivity contribution in [3.05, 3.63) is 29.8 Å². The van der Waals surface area contributed by atoms with E-state index in [2.05, 4.69) is 9.89 Å². The molecule has 0 atom stereocenters. The zero-order chi connectivity index (χ0) is 17.7. The number of aliphatic imine (C=N–C) groups is 1. The Morgan fingerprint density at radius 3 is 2.48 bits per heavy atom.